The van der Waals surface area contributed by atoms with Crippen molar-refractivity contribution in [1.29, 1.82) is 0 Å². The molecule has 0 amide bonds. The zero-order valence-electron chi connectivity index (χ0n) is 9.92. The second-order valence-corrected chi connectivity index (χ2v) is 3.24. The highest BCUT2D eigenvalue weighted by molar-refractivity contribution is 5.92. The number of halogens is 3. The number of methoxy groups -OCH3 is 3. The molecule has 0 aliphatic carbocycles. The molecule has 1 aromatic carbocycles. The average Bonchev–Trinajstić information content (AvgIpc) is 2.34. The number of benzene rings is 1. The fourth-order valence-electron chi connectivity index (χ4n) is 1.43. The number of ether oxygens (including phenoxy) is 3. The topological polar surface area (TPSA) is 44.8 Å². The smallest absolute Gasteiger partial charge is 0.420 e. The molecule has 7 heteroatoms. The van der Waals surface area contributed by atoms with E-state index in [1.807, 2.05) is 0 Å². The van der Waals surface area contributed by atoms with Crippen LogP contribution in [0.25, 0.3) is 0 Å². The minimum absolute atomic E-state index is 0.0697. The second kappa shape index (κ2) is 5.16. The van der Waals surface area contributed by atoms with E-state index < -0.39 is 29.0 Å². The van der Waals surface area contributed by atoms with E-state index in [1.165, 1.54) is 7.11 Å². The quantitative estimate of drug-likeness (QED) is 0.787. The van der Waals surface area contributed by atoms with Crippen LogP contribution in [0, 0.1) is 0 Å². The molecule has 100 valence electrons. The number of rotatable bonds is 3. The van der Waals surface area contributed by atoms with E-state index in [1.54, 1.807) is 0 Å². The summed E-state index contributed by atoms with van der Waals surface area (Å²) in [6, 6.07) is 2.01. The van der Waals surface area contributed by atoms with E-state index in [0.29, 0.717) is 0 Å². The van der Waals surface area contributed by atoms with Crippen LogP contribution in [0.1, 0.15) is 15.9 Å². The summed E-state index contributed by atoms with van der Waals surface area (Å²) in [6.45, 7) is 0. The Labute approximate surface area is 101 Å². The molecule has 0 fully saturated rings. The maximum atomic E-state index is 12.9. The summed E-state index contributed by atoms with van der Waals surface area (Å²) < 4.78 is 52.5. The number of alkyl halides is 3. The third-order valence-electron chi connectivity index (χ3n) is 2.22. The van der Waals surface area contributed by atoms with Gasteiger partial charge in [-0.05, 0) is 6.07 Å². The fourth-order valence-corrected chi connectivity index (χ4v) is 1.43. The van der Waals surface area contributed by atoms with E-state index in [-0.39, 0.29) is 5.75 Å². The standard InChI is InChI=1S/C11H11F3O4/c1-16-6-4-7(10(15)18-3)9(11(12,13)14)8(5-6)17-2/h4-5H,1-3H3. The summed E-state index contributed by atoms with van der Waals surface area (Å²) in [5.41, 5.74) is -1.83. The van der Waals surface area contributed by atoms with Gasteiger partial charge in [0.2, 0.25) is 0 Å². The van der Waals surface area contributed by atoms with Crippen molar-refractivity contribution in [1.82, 2.24) is 0 Å². The first-order chi connectivity index (χ1) is 8.35. The van der Waals surface area contributed by atoms with Gasteiger partial charge in [-0.1, -0.05) is 0 Å². The molecule has 0 radical (unpaired) electrons. The Balaban J connectivity index is 3.57. The summed E-state index contributed by atoms with van der Waals surface area (Å²) >= 11 is 0. The predicted molar refractivity (Wildman–Crippen MR) is 55.9 cm³/mol. The van der Waals surface area contributed by atoms with E-state index >= 15 is 0 Å². The first kappa shape index (κ1) is 14.1. The Bertz CT molecular complexity index is 454. The minimum atomic E-state index is -4.73. The number of hydrogen-bond acceptors (Lipinski definition) is 4. The Hall–Kier alpha value is -1.92. The Morgan fingerprint density at radius 2 is 1.72 bits per heavy atom. The first-order valence-corrected chi connectivity index (χ1v) is 4.76. The van der Waals surface area contributed by atoms with Gasteiger partial charge < -0.3 is 14.2 Å². The zero-order valence-corrected chi connectivity index (χ0v) is 9.92. The van der Waals surface area contributed by atoms with Crippen molar-refractivity contribution in [2.24, 2.45) is 0 Å². The molecular formula is C11H11F3O4. The molecule has 0 aromatic heterocycles. The molecule has 0 N–H and O–H groups in total. The number of carbonyl (C=O) groups is 1. The molecular weight excluding hydrogens is 253 g/mol. The van der Waals surface area contributed by atoms with Crippen LogP contribution in [-0.2, 0) is 10.9 Å². The van der Waals surface area contributed by atoms with Crippen LogP contribution in [0.4, 0.5) is 13.2 Å². The van der Waals surface area contributed by atoms with Gasteiger partial charge in [0.05, 0.1) is 26.9 Å². The van der Waals surface area contributed by atoms with Gasteiger partial charge in [0.1, 0.15) is 17.1 Å². The summed E-state index contributed by atoms with van der Waals surface area (Å²) in [7, 11) is 3.34. The summed E-state index contributed by atoms with van der Waals surface area (Å²) in [5, 5.41) is 0. The molecule has 0 heterocycles. The van der Waals surface area contributed by atoms with Crippen molar-refractivity contribution in [3.63, 3.8) is 0 Å². The molecule has 0 aliphatic heterocycles. The molecule has 0 saturated heterocycles. The molecule has 4 nitrogen and oxygen atoms in total. The second-order valence-electron chi connectivity index (χ2n) is 3.24. The SMILES string of the molecule is COC(=O)c1cc(OC)cc(OC)c1C(F)(F)F. The van der Waals surface area contributed by atoms with Gasteiger partial charge in [-0.15, -0.1) is 0 Å². The van der Waals surface area contributed by atoms with Crippen molar-refractivity contribution in [3.8, 4) is 11.5 Å². The summed E-state index contributed by atoms with van der Waals surface area (Å²) in [5.74, 6) is -1.54. The number of carbonyl (C=O) groups excluding carboxylic acids is 1. The van der Waals surface area contributed by atoms with Gasteiger partial charge in [0, 0.05) is 6.07 Å². The Morgan fingerprint density at radius 1 is 1.11 bits per heavy atom. The van der Waals surface area contributed by atoms with E-state index in [0.717, 1.165) is 26.4 Å². The molecule has 0 saturated carbocycles. The third-order valence-corrected chi connectivity index (χ3v) is 2.22. The lowest BCUT2D eigenvalue weighted by Gasteiger charge is -2.16. The van der Waals surface area contributed by atoms with Crippen LogP contribution in [0.15, 0.2) is 12.1 Å². The lowest BCUT2D eigenvalue weighted by molar-refractivity contribution is -0.139. The van der Waals surface area contributed by atoms with Gasteiger partial charge in [-0.3, -0.25) is 0 Å². The summed E-state index contributed by atoms with van der Waals surface area (Å²) in [6.07, 6.45) is -4.73. The van der Waals surface area contributed by atoms with Gasteiger partial charge in [-0.25, -0.2) is 4.79 Å². The normalized spacial score (nSPS) is 11.0. The van der Waals surface area contributed by atoms with Crippen molar-refractivity contribution < 1.29 is 32.2 Å². The molecule has 0 atom stereocenters. The molecule has 0 unspecified atom stereocenters. The van der Waals surface area contributed by atoms with Crippen LogP contribution in [0.2, 0.25) is 0 Å². The van der Waals surface area contributed by atoms with Crippen molar-refractivity contribution >= 4 is 5.97 Å². The Morgan fingerprint density at radius 3 is 2.11 bits per heavy atom. The zero-order chi connectivity index (χ0) is 13.9. The highest BCUT2D eigenvalue weighted by Gasteiger charge is 2.39. The maximum Gasteiger partial charge on any atom is 0.420 e. The summed E-state index contributed by atoms with van der Waals surface area (Å²) in [4.78, 5) is 11.4. The van der Waals surface area contributed by atoms with Crippen molar-refractivity contribution in [3.05, 3.63) is 23.3 Å². The van der Waals surface area contributed by atoms with E-state index in [9.17, 15) is 18.0 Å². The van der Waals surface area contributed by atoms with Crippen LogP contribution in [-0.4, -0.2) is 27.3 Å². The van der Waals surface area contributed by atoms with Gasteiger partial charge in [-0.2, -0.15) is 13.2 Å². The highest BCUT2D eigenvalue weighted by atomic mass is 19.4. The van der Waals surface area contributed by atoms with Crippen LogP contribution in [0.3, 0.4) is 0 Å². The fraction of sp³-hybridized carbons (Fsp3) is 0.364. The predicted octanol–water partition coefficient (Wildman–Crippen LogP) is 2.51. The lowest BCUT2D eigenvalue weighted by Crippen LogP contribution is -2.16. The van der Waals surface area contributed by atoms with Crippen molar-refractivity contribution in [2.75, 3.05) is 21.3 Å². The van der Waals surface area contributed by atoms with Crippen LogP contribution in [0.5, 0.6) is 11.5 Å². The first-order valence-electron chi connectivity index (χ1n) is 4.76. The molecule has 0 spiro atoms. The van der Waals surface area contributed by atoms with Gasteiger partial charge >= 0.3 is 12.1 Å². The van der Waals surface area contributed by atoms with Crippen molar-refractivity contribution in [2.45, 2.75) is 6.18 Å². The number of esters is 1. The maximum absolute atomic E-state index is 12.9. The monoisotopic (exact) mass is 264 g/mol. The largest absolute Gasteiger partial charge is 0.497 e. The highest BCUT2D eigenvalue weighted by Crippen LogP contribution is 2.41. The average molecular weight is 264 g/mol. The molecule has 1 aromatic rings. The van der Waals surface area contributed by atoms with Crippen LogP contribution >= 0.6 is 0 Å². The molecule has 1 rings (SSSR count). The molecule has 0 bridgehead atoms. The van der Waals surface area contributed by atoms with E-state index in [2.05, 4.69) is 9.47 Å². The van der Waals surface area contributed by atoms with E-state index in [4.69, 9.17) is 4.74 Å². The number of hydrogen-bond donors (Lipinski definition) is 0. The van der Waals surface area contributed by atoms with Crippen LogP contribution < -0.4 is 9.47 Å². The van der Waals surface area contributed by atoms with Gasteiger partial charge in [0.15, 0.2) is 0 Å². The van der Waals surface area contributed by atoms with Gasteiger partial charge in [0.25, 0.3) is 0 Å². The lowest BCUT2D eigenvalue weighted by atomic mass is 10.1. The third kappa shape index (κ3) is 2.66. The molecule has 18 heavy (non-hydrogen) atoms. The Kier molecular flexibility index (Phi) is 4.05. The minimum Gasteiger partial charge on any atom is -0.497 e. The molecule has 0 aliphatic rings.